The number of benzene rings is 2. The van der Waals surface area contributed by atoms with Gasteiger partial charge in [-0.05, 0) is 36.8 Å². The van der Waals surface area contributed by atoms with Gasteiger partial charge < -0.3 is 10.5 Å². The number of nitrogens with zero attached hydrogens (tertiary/aromatic N) is 3. The molecule has 0 fully saturated rings. The van der Waals surface area contributed by atoms with Crippen LogP contribution in [0.1, 0.15) is 11.1 Å². The average molecular weight is 278 g/mol. The van der Waals surface area contributed by atoms with Crippen LogP contribution in [0.4, 0.5) is 5.95 Å². The summed E-state index contributed by atoms with van der Waals surface area (Å²) < 4.78 is 7.23. The number of nitrogens with two attached hydrogens (primary N) is 1. The number of hydrogen-bond acceptors (Lipinski definition) is 4. The van der Waals surface area contributed by atoms with E-state index in [2.05, 4.69) is 11.1 Å². The lowest BCUT2D eigenvalue weighted by Gasteiger charge is -2.12. The molecule has 0 aliphatic heterocycles. The number of hydrogen-bond donors (Lipinski definition) is 1. The molecule has 0 unspecified atom stereocenters. The van der Waals surface area contributed by atoms with E-state index in [1.54, 1.807) is 19.2 Å². The molecule has 2 N–H and O–H groups in total. The molecule has 104 valence electrons. The Balaban J connectivity index is 2.32. The van der Waals surface area contributed by atoms with Crippen LogP contribution in [0.25, 0.3) is 16.7 Å². The molecule has 5 nitrogen and oxygen atoms in total. The van der Waals surface area contributed by atoms with Crippen LogP contribution in [0.15, 0.2) is 36.4 Å². The first-order valence-corrected chi connectivity index (χ1v) is 6.47. The highest BCUT2D eigenvalue weighted by Gasteiger charge is 2.14. The maximum atomic E-state index is 8.99. The van der Waals surface area contributed by atoms with Crippen LogP contribution in [0, 0.1) is 18.3 Å². The molecule has 0 amide bonds. The summed E-state index contributed by atoms with van der Waals surface area (Å²) in [7, 11) is 1.57. The van der Waals surface area contributed by atoms with Gasteiger partial charge in [-0.1, -0.05) is 6.07 Å². The predicted molar refractivity (Wildman–Crippen MR) is 81.5 cm³/mol. The monoisotopic (exact) mass is 278 g/mol. The SMILES string of the molecule is COc1cc(C#N)ccc1-n1c(N)nc2ccc(C)cc21. The van der Waals surface area contributed by atoms with E-state index in [0.717, 1.165) is 22.3 Å². The zero-order chi connectivity index (χ0) is 15.0. The predicted octanol–water partition coefficient (Wildman–Crippen LogP) is 2.80. The lowest BCUT2D eigenvalue weighted by atomic mass is 10.2. The van der Waals surface area contributed by atoms with E-state index in [1.807, 2.05) is 35.8 Å². The summed E-state index contributed by atoms with van der Waals surface area (Å²) in [4.78, 5) is 4.37. The van der Waals surface area contributed by atoms with Gasteiger partial charge in [0, 0.05) is 6.07 Å². The molecule has 0 spiro atoms. The molecule has 2 aromatic carbocycles. The van der Waals surface area contributed by atoms with E-state index in [-0.39, 0.29) is 0 Å². The van der Waals surface area contributed by atoms with Crippen molar-refractivity contribution < 1.29 is 4.74 Å². The van der Waals surface area contributed by atoms with Crippen molar-refractivity contribution in [3.05, 3.63) is 47.5 Å². The third-order valence-electron chi connectivity index (χ3n) is 3.39. The Morgan fingerprint density at radius 2 is 2.05 bits per heavy atom. The first-order valence-electron chi connectivity index (χ1n) is 6.47. The van der Waals surface area contributed by atoms with E-state index in [4.69, 9.17) is 15.7 Å². The van der Waals surface area contributed by atoms with E-state index in [0.29, 0.717) is 17.3 Å². The fourth-order valence-corrected chi connectivity index (χ4v) is 2.39. The van der Waals surface area contributed by atoms with Gasteiger partial charge in [0.1, 0.15) is 5.75 Å². The quantitative estimate of drug-likeness (QED) is 0.782. The molecule has 0 aliphatic rings. The number of anilines is 1. The molecule has 0 bridgehead atoms. The molecule has 3 aromatic rings. The molecule has 0 radical (unpaired) electrons. The standard InChI is InChI=1S/C16H14N4O/c1-10-3-5-12-14(7-10)20(16(18)19-12)13-6-4-11(9-17)8-15(13)21-2/h3-8H,1-2H3,(H2,18,19). The molecular formula is C16H14N4O. The maximum Gasteiger partial charge on any atom is 0.206 e. The highest BCUT2D eigenvalue weighted by Crippen LogP contribution is 2.30. The fourth-order valence-electron chi connectivity index (χ4n) is 2.39. The van der Waals surface area contributed by atoms with E-state index < -0.39 is 0 Å². The second kappa shape index (κ2) is 4.84. The Labute approximate surface area is 122 Å². The topological polar surface area (TPSA) is 76.9 Å². The third-order valence-corrected chi connectivity index (χ3v) is 3.39. The van der Waals surface area contributed by atoms with Gasteiger partial charge in [0.25, 0.3) is 0 Å². The fraction of sp³-hybridized carbons (Fsp3) is 0.125. The van der Waals surface area contributed by atoms with Gasteiger partial charge in [0.05, 0.1) is 35.5 Å². The second-order valence-corrected chi connectivity index (χ2v) is 4.80. The van der Waals surface area contributed by atoms with E-state index >= 15 is 0 Å². The van der Waals surface area contributed by atoms with Gasteiger partial charge >= 0.3 is 0 Å². The van der Waals surface area contributed by atoms with Gasteiger partial charge in [-0.25, -0.2) is 4.98 Å². The molecule has 21 heavy (non-hydrogen) atoms. The van der Waals surface area contributed by atoms with Crippen molar-refractivity contribution in [1.29, 1.82) is 5.26 Å². The average Bonchev–Trinajstić information content (AvgIpc) is 2.81. The summed E-state index contributed by atoms with van der Waals surface area (Å²) in [6.07, 6.45) is 0. The minimum Gasteiger partial charge on any atom is -0.495 e. The van der Waals surface area contributed by atoms with Crippen LogP contribution in [-0.4, -0.2) is 16.7 Å². The van der Waals surface area contributed by atoms with Crippen molar-refractivity contribution in [3.63, 3.8) is 0 Å². The van der Waals surface area contributed by atoms with Gasteiger partial charge in [-0.3, -0.25) is 4.57 Å². The second-order valence-electron chi connectivity index (χ2n) is 4.80. The van der Waals surface area contributed by atoms with Gasteiger partial charge in [-0.2, -0.15) is 5.26 Å². The van der Waals surface area contributed by atoms with Gasteiger partial charge in [-0.15, -0.1) is 0 Å². The van der Waals surface area contributed by atoms with Crippen LogP contribution in [0.2, 0.25) is 0 Å². The molecule has 0 aliphatic carbocycles. The van der Waals surface area contributed by atoms with Crippen molar-refractivity contribution in [2.75, 3.05) is 12.8 Å². The largest absolute Gasteiger partial charge is 0.495 e. The number of aromatic nitrogens is 2. The zero-order valence-corrected chi connectivity index (χ0v) is 11.8. The summed E-state index contributed by atoms with van der Waals surface area (Å²) in [5.74, 6) is 0.972. The minimum atomic E-state index is 0.388. The maximum absolute atomic E-state index is 8.99. The highest BCUT2D eigenvalue weighted by molar-refractivity contribution is 5.82. The summed E-state index contributed by atoms with van der Waals surface area (Å²) in [6, 6.07) is 13.3. The number of nitrogen functional groups attached to an aromatic ring is 1. The number of ether oxygens (including phenoxy) is 1. The van der Waals surface area contributed by atoms with Gasteiger partial charge in [0.15, 0.2) is 0 Å². The summed E-state index contributed by atoms with van der Waals surface area (Å²) in [6.45, 7) is 2.02. The van der Waals surface area contributed by atoms with Crippen molar-refractivity contribution in [3.8, 4) is 17.5 Å². The molecule has 0 saturated heterocycles. The Hall–Kier alpha value is -3.00. The first-order chi connectivity index (χ1) is 10.1. The molecule has 0 saturated carbocycles. The Morgan fingerprint density at radius 3 is 2.76 bits per heavy atom. The molecule has 3 rings (SSSR count). The normalized spacial score (nSPS) is 10.5. The van der Waals surface area contributed by atoms with Crippen molar-refractivity contribution in [2.24, 2.45) is 0 Å². The van der Waals surface area contributed by atoms with Crippen molar-refractivity contribution in [2.45, 2.75) is 6.92 Å². The number of fused-ring (bicyclic) bond motifs is 1. The van der Waals surface area contributed by atoms with Crippen molar-refractivity contribution >= 4 is 17.0 Å². The zero-order valence-electron chi connectivity index (χ0n) is 11.8. The Morgan fingerprint density at radius 1 is 1.24 bits per heavy atom. The number of methoxy groups -OCH3 is 1. The smallest absolute Gasteiger partial charge is 0.206 e. The summed E-state index contributed by atoms with van der Waals surface area (Å²) >= 11 is 0. The summed E-state index contributed by atoms with van der Waals surface area (Å²) in [5, 5.41) is 8.99. The van der Waals surface area contributed by atoms with Crippen LogP contribution in [-0.2, 0) is 0 Å². The summed E-state index contributed by atoms with van der Waals surface area (Å²) in [5.41, 5.74) is 10.2. The molecule has 1 heterocycles. The Kier molecular flexibility index (Phi) is 2.99. The van der Waals surface area contributed by atoms with Gasteiger partial charge in [0.2, 0.25) is 5.95 Å². The third kappa shape index (κ3) is 2.07. The van der Waals surface area contributed by atoms with Crippen LogP contribution in [0.5, 0.6) is 5.75 Å². The number of aryl methyl sites for hydroxylation is 1. The first kappa shape index (κ1) is 13.0. The number of imidazole rings is 1. The lowest BCUT2D eigenvalue weighted by Crippen LogP contribution is -2.03. The molecule has 0 atom stereocenters. The van der Waals surface area contributed by atoms with Crippen LogP contribution >= 0.6 is 0 Å². The molecule has 1 aromatic heterocycles. The number of rotatable bonds is 2. The van der Waals surface area contributed by atoms with E-state index in [1.165, 1.54) is 0 Å². The highest BCUT2D eigenvalue weighted by atomic mass is 16.5. The van der Waals surface area contributed by atoms with Crippen LogP contribution in [0.3, 0.4) is 0 Å². The van der Waals surface area contributed by atoms with E-state index in [9.17, 15) is 0 Å². The molecular weight excluding hydrogens is 264 g/mol. The van der Waals surface area contributed by atoms with Crippen molar-refractivity contribution in [1.82, 2.24) is 9.55 Å². The number of nitriles is 1. The molecule has 5 heteroatoms. The Bertz CT molecular complexity index is 874. The van der Waals surface area contributed by atoms with Crippen LogP contribution < -0.4 is 10.5 Å². The minimum absolute atomic E-state index is 0.388. The lowest BCUT2D eigenvalue weighted by molar-refractivity contribution is 0.413.